The summed E-state index contributed by atoms with van der Waals surface area (Å²) in [7, 11) is 0. The topological polar surface area (TPSA) is 182 Å². The highest BCUT2D eigenvalue weighted by atomic mass is 15.1. The van der Waals surface area contributed by atoms with Gasteiger partial charge in [-0.3, -0.25) is 0 Å². The smallest absolute Gasteiger partial charge is 0.164 e. The standard InChI is InChI=1S/C88H50N12/c89-51-55-38-42-67(65(46-55)53-91)61-40-44-77-73(49-61)69-30-13-15-34-75(69)99(77)79-36-18-32-71(87-95-83(57-20-5-1-6-21-57)93-84(96-87)58-22-7-2-8-23-58)81(79)63-28-17-29-64(48-63)82-72(88-97-85(59-24-9-3-10-25-59)94-86(98-88)60-26-11-4-12-27-60)33-19-37-80(82)100-76-35-16-14-31-70(76)74-50-62(41-45-78(74)100)68-43-39-56(52-90)47-66(68)54-92/h1-50H. The van der Waals surface area contributed by atoms with Crippen molar-refractivity contribution in [3.05, 3.63) is 326 Å². The number of aromatic nitrogens is 8. The number of nitrogens with zero attached hydrogens (tertiary/aromatic N) is 12. The van der Waals surface area contributed by atoms with Crippen molar-refractivity contribution in [2.75, 3.05) is 0 Å². The van der Waals surface area contributed by atoms with Crippen LogP contribution in [0.4, 0.5) is 0 Å². The van der Waals surface area contributed by atoms with Gasteiger partial charge in [0, 0.05) is 66.1 Å². The Hall–Kier alpha value is -14.6. The maximum Gasteiger partial charge on any atom is 0.164 e. The quantitative estimate of drug-likeness (QED) is 0.114. The largest absolute Gasteiger partial charge is 0.309 e. The fourth-order valence-electron chi connectivity index (χ4n) is 13.8. The van der Waals surface area contributed by atoms with E-state index in [0.717, 1.165) is 133 Å². The number of para-hydroxylation sites is 2. The third-order valence-corrected chi connectivity index (χ3v) is 18.4. The van der Waals surface area contributed by atoms with E-state index in [1.54, 1.807) is 24.3 Å². The lowest BCUT2D eigenvalue weighted by molar-refractivity contribution is 1.07. The first-order chi connectivity index (χ1) is 49.4. The monoisotopic (exact) mass is 1270 g/mol. The van der Waals surface area contributed by atoms with Crippen molar-refractivity contribution >= 4 is 43.6 Å². The molecule has 4 heterocycles. The predicted octanol–water partition coefficient (Wildman–Crippen LogP) is 20.4. The zero-order chi connectivity index (χ0) is 67.2. The molecule has 100 heavy (non-hydrogen) atoms. The predicted molar refractivity (Wildman–Crippen MR) is 395 cm³/mol. The Kier molecular flexibility index (Phi) is 14.8. The molecular formula is C88H50N12. The summed E-state index contributed by atoms with van der Waals surface area (Å²) >= 11 is 0. The maximum atomic E-state index is 10.5. The van der Waals surface area contributed by atoms with Crippen LogP contribution in [0.15, 0.2) is 303 Å². The Balaban J connectivity index is 0.959. The van der Waals surface area contributed by atoms with E-state index >= 15 is 0 Å². The van der Waals surface area contributed by atoms with Gasteiger partial charge in [-0.25, -0.2) is 29.9 Å². The summed E-state index contributed by atoms with van der Waals surface area (Å²) < 4.78 is 4.62. The number of nitriles is 4. The molecule has 0 amide bonds. The van der Waals surface area contributed by atoms with E-state index in [1.807, 2.05) is 158 Å². The van der Waals surface area contributed by atoms with E-state index in [0.29, 0.717) is 57.2 Å². The molecule has 0 radical (unpaired) electrons. The highest BCUT2D eigenvalue weighted by Gasteiger charge is 2.27. The Bertz CT molecular complexity index is 5830. The Labute approximate surface area is 574 Å². The molecule has 0 spiro atoms. The van der Waals surface area contributed by atoms with Crippen molar-refractivity contribution in [2.24, 2.45) is 0 Å². The second-order valence-corrected chi connectivity index (χ2v) is 24.2. The van der Waals surface area contributed by atoms with Crippen molar-refractivity contribution in [3.63, 3.8) is 0 Å². The van der Waals surface area contributed by atoms with E-state index in [9.17, 15) is 21.0 Å². The van der Waals surface area contributed by atoms with Gasteiger partial charge >= 0.3 is 0 Å². The first-order valence-corrected chi connectivity index (χ1v) is 32.5. The molecule has 4 aromatic heterocycles. The number of hydrogen-bond acceptors (Lipinski definition) is 10. The Morgan fingerprint density at radius 1 is 0.220 bits per heavy atom. The van der Waals surface area contributed by atoms with E-state index in [-0.39, 0.29) is 0 Å². The molecule has 0 unspecified atom stereocenters. The van der Waals surface area contributed by atoms with Gasteiger partial charge in [0.15, 0.2) is 34.9 Å². The summed E-state index contributed by atoms with van der Waals surface area (Å²) in [6.07, 6.45) is 0. The molecule has 0 atom stereocenters. The van der Waals surface area contributed by atoms with Crippen molar-refractivity contribution in [1.82, 2.24) is 39.0 Å². The van der Waals surface area contributed by atoms with Crippen LogP contribution in [0.3, 0.4) is 0 Å². The zero-order valence-corrected chi connectivity index (χ0v) is 53.2. The van der Waals surface area contributed by atoms with Gasteiger partial charge in [-0.2, -0.15) is 21.0 Å². The van der Waals surface area contributed by atoms with Gasteiger partial charge < -0.3 is 9.13 Å². The molecule has 12 nitrogen and oxygen atoms in total. The fraction of sp³-hybridized carbons (Fsp3) is 0. The van der Waals surface area contributed by atoms with Crippen molar-refractivity contribution in [3.8, 4) is 148 Å². The number of hydrogen-bond donors (Lipinski definition) is 0. The second-order valence-electron chi connectivity index (χ2n) is 24.2. The molecule has 0 saturated heterocycles. The normalized spacial score (nSPS) is 11.2. The van der Waals surface area contributed by atoms with Crippen molar-refractivity contribution in [1.29, 1.82) is 21.0 Å². The van der Waals surface area contributed by atoms with E-state index in [4.69, 9.17) is 29.9 Å². The minimum Gasteiger partial charge on any atom is -0.309 e. The van der Waals surface area contributed by atoms with Crippen LogP contribution < -0.4 is 0 Å². The molecule has 0 saturated carbocycles. The van der Waals surface area contributed by atoms with E-state index < -0.39 is 0 Å². The van der Waals surface area contributed by atoms with Crippen LogP contribution in [0.2, 0.25) is 0 Å². The zero-order valence-electron chi connectivity index (χ0n) is 53.2. The highest BCUT2D eigenvalue weighted by Crippen LogP contribution is 2.47. The minimum atomic E-state index is 0.412. The Morgan fingerprint density at radius 3 is 0.920 bits per heavy atom. The molecule has 0 fully saturated rings. The first-order valence-electron chi connectivity index (χ1n) is 32.5. The summed E-state index contributed by atoms with van der Waals surface area (Å²) in [6, 6.07) is 110. The lowest BCUT2D eigenvalue weighted by atomic mass is 9.91. The van der Waals surface area contributed by atoms with E-state index in [2.05, 4.69) is 155 Å². The van der Waals surface area contributed by atoms with Gasteiger partial charge in [0.1, 0.15) is 0 Å². The van der Waals surface area contributed by atoms with Crippen LogP contribution in [0.25, 0.3) is 168 Å². The van der Waals surface area contributed by atoms with Crippen LogP contribution >= 0.6 is 0 Å². The molecule has 0 aliphatic heterocycles. The first kappa shape index (κ1) is 59.2. The maximum absolute atomic E-state index is 10.5. The van der Waals surface area contributed by atoms with Crippen LogP contribution in [-0.4, -0.2) is 39.0 Å². The molecule has 17 rings (SSSR count). The van der Waals surface area contributed by atoms with Crippen LogP contribution in [0, 0.1) is 45.3 Å². The molecular weight excluding hydrogens is 1230 g/mol. The molecule has 462 valence electrons. The molecule has 13 aromatic carbocycles. The molecule has 0 aliphatic carbocycles. The SMILES string of the molecule is N#Cc1ccc(-c2ccc3c(c2)c2ccccc2n3-c2cccc(-c3nc(-c4ccccc4)nc(-c4ccccc4)n3)c2-c2cccc(-c3c(-c4nc(-c5ccccc5)nc(-c5ccccc5)n4)cccc3-n3c4ccccc4c4cc(-c5ccc(C#N)cc5C#N)ccc43)c2)c(C#N)c1. The highest BCUT2D eigenvalue weighted by molar-refractivity contribution is 6.13. The average molecular weight is 1280 g/mol. The van der Waals surface area contributed by atoms with Crippen molar-refractivity contribution < 1.29 is 0 Å². The van der Waals surface area contributed by atoms with Gasteiger partial charge in [-0.1, -0.05) is 224 Å². The number of benzene rings is 13. The second kappa shape index (κ2) is 25.0. The van der Waals surface area contributed by atoms with E-state index in [1.165, 1.54) is 0 Å². The molecule has 12 heteroatoms. The van der Waals surface area contributed by atoms with Crippen molar-refractivity contribution in [2.45, 2.75) is 0 Å². The van der Waals surface area contributed by atoms with Gasteiger partial charge in [0.05, 0.1) is 80.0 Å². The van der Waals surface area contributed by atoms with Gasteiger partial charge in [0.2, 0.25) is 0 Å². The lowest BCUT2D eigenvalue weighted by Crippen LogP contribution is -2.05. The summed E-state index contributed by atoms with van der Waals surface area (Å²) in [5, 5.41) is 44.5. The van der Waals surface area contributed by atoms with Crippen LogP contribution in [0.5, 0.6) is 0 Å². The molecule has 0 bridgehead atoms. The summed E-state index contributed by atoms with van der Waals surface area (Å²) in [6.45, 7) is 0. The Morgan fingerprint density at radius 2 is 0.550 bits per heavy atom. The molecule has 17 aromatic rings. The third kappa shape index (κ3) is 10.4. The molecule has 0 N–H and O–H groups in total. The summed E-state index contributed by atoms with van der Waals surface area (Å²) in [5.41, 5.74) is 18.4. The van der Waals surface area contributed by atoms with Gasteiger partial charge in [0.25, 0.3) is 0 Å². The third-order valence-electron chi connectivity index (χ3n) is 18.4. The van der Waals surface area contributed by atoms with Gasteiger partial charge in [-0.15, -0.1) is 0 Å². The number of fused-ring (bicyclic) bond motifs is 6. The van der Waals surface area contributed by atoms with Crippen LogP contribution in [-0.2, 0) is 0 Å². The average Bonchev–Trinajstić information content (AvgIpc) is 1.55. The minimum absolute atomic E-state index is 0.412. The molecule has 0 aliphatic rings. The lowest BCUT2D eigenvalue weighted by Gasteiger charge is -2.21. The fourth-order valence-corrected chi connectivity index (χ4v) is 13.8. The van der Waals surface area contributed by atoms with Gasteiger partial charge in [-0.05, 0) is 112 Å². The summed E-state index contributed by atoms with van der Waals surface area (Å²) in [5.74, 6) is 2.98. The number of rotatable bonds is 12. The summed E-state index contributed by atoms with van der Waals surface area (Å²) in [4.78, 5) is 32.0. The van der Waals surface area contributed by atoms with Crippen LogP contribution in [0.1, 0.15) is 22.3 Å².